The Morgan fingerprint density at radius 1 is 1.26 bits per heavy atom. The second-order valence-electron chi connectivity index (χ2n) is 4.02. The van der Waals surface area contributed by atoms with Gasteiger partial charge in [-0.25, -0.2) is 19.2 Å². The average molecular weight is 281 g/mol. The van der Waals surface area contributed by atoms with Crippen molar-refractivity contribution in [3.8, 4) is 11.4 Å². The Balaban J connectivity index is 2.61. The smallest absolute Gasteiger partial charge is 0.339 e. The van der Waals surface area contributed by atoms with Crippen LogP contribution in [0.25, 0.3) is 11.4 Å². The van der Waals surface area contributed by atoms with Crippen molar-refractivity contribution >= 4 is 17.6 Å². The highest BCUT2D eigenvalue weighted by molar-refractivity contribution is 6.33. The number of carboxylic acid groups (broad SMARTS) is 1. The number of hydrogen-bond acceptors (Lipinski definition) is 3. The van der Waals surface area contributed by atoms with E-state index in [4.69, 9.17) is 16.7 Å². The molecule has 0 bridgehead atoms. The highest BCUT2D eigenvalue weighted by atomic mass is 35.5. The van der Waals surface area contributed by atoms with Crippen LogP contribution in [0.2, 0.25) is 5.02 Å². The van der Waals surface area contributed by atoms with E-state index in [2.05, 4.69) is 9.97 Å². The Hall–Kier alpha value is -2.01. The lowest BCUT2D eigenvalue weighted by molar-refractivity contribution is 0.0694. The van der Waals surface area contributed by atoms with E-state index >= 15 is 0 Å². The van der Waals surface area contributed by atoms with Crippen molar-refractivity contribution in [3.63, 3.8) is 0 Å². The van der Waals surface area contributed by atoms with Gasteiger partial charge < -0.3 is 5.11 Å². The molecule has 6 heteroatoms. The van der Waals surface area contributed by atoms with Gasteiger partial charge in [-0.15, -0.1) is 0 Å². The fourth-order valence-electron chi connectivity index (χ4n) is 1.82. The number of halogens is 2. The van der Waals surface area contributed by atoms with Gasteiger partial charge in [-0.3, -0.25) is 0 Å². The molecule has 0 aliphatic heterocycles. The molecule has 98 valence electrons. The Bertz CT molecular complexity index is 651. The van der Waals surface area contributed by atoms with E-state index < -0.39 is 11.8 Å². The highest BCUT2D eigenvalue weighted by Crippen LogP contribution is 2.27. The minimum Gasteiger partial charge on any atom is -0.478 e. The van der Waals surface area contributed by atoms with Crippen LogP contribution < -0.4 is 0 Å². The van der Waals surface area contributed by atoms with Gasteiger partial charge in [-0.2, -0.15) is 0 Å². The molecule has 2 rings (SSSR count). The second-order valence-corrected chi connectivity index (χ2v) is 4.43. The van der Waals surface area contributed by atoms with E-state index in [9.17, 15) is 9.18 Å². The van der Waals surface area contributed by atoms with Crippen molar-refractivity contribution in [2.24, 2.45) is 0 Å². The van der Waals surface area contributed by atoms with Crippen molar-refractivity contribution < 1.29 is 14.3 Å². The van der Waals surface area contributed by atoms with Crippen molar-refractivity contribution in [1.82, 2.24) is 9.97 Å². The van der Waals surface area contributed by atoms with E-state index in [0.717, 1.165) is 6.07 Å². The number of carbonyl (C=O) groups is 1. The molecule has 19 heavy (non-hydrogen) atoms. The van der Waals surface area contributed by atoms with Gasteiger partial charge in [0.1, 0.15) is 11.4 Å². The maximum Gasteiger partial charge on any atom is 0.339 e. The molecule has 1 aromatic heterocycles. The molecule has 0 unspecified atom stereocenters. The van der Waals surface area contributed by atoms with Gasteiger partial charge >= 0.3 is 5.97 Å². The van der Waals surface area contributed by atoms with E-state index in [1.807, 2.05) is 0 Å². The summed E-state index contributed by atoms with van der Waals surface area (Å²) in [5.41, 5.74) is 1.22. The molecule has 4 nitrogen and oxygen atoms in total. The van der Waals surface area contributed by atoms with Crippen LogP contribution in [0.3, 0.4) is 0 Å². The lowest BCUT2D eigenvalue weighted by atomic mass is 10.1. The van der Waals surface area contributed by atoms with E-state index in [-0.39, 0.29) is 16.4 Å². The van der Waals surface area contributed by atoms with Crippen molar-refractivity contribution in [2.75, 3.05) is 0 Å². The molecule has 1 heterocycles. The molecular formula is C13H10ClFN2O2. The molecule has 0 amide bonds. The molecule has 0 saturated carbocycles. The number of aromatic carboxylic acids is 1. The number of nitrogens with zero attached hydrogens (tertiary/aromatic N) is 2. The first-order chi connectivity index (χ1) is 8.90. The summed E-state index contributed by atoms with van der Waals surface area (Å²) >= 11 is 5.93. The van der Waals surface area contributed by atoms with Gasteiger partial charge in [-0.1, -0.05) is 11.6 Å². The summed E-state index contributed by atoms with van der Waals surface area (Å²) in [4.78, 5) is 19.3. The van der Waals surface area contributed by atoms with E-state index in [0.29, 0.717) is 17.0 Å². The Kier molecular flexibility index (Phi) is 3.48. The van der Waals surface area contributed by atoms with Crippen molar-refractivity contribution in [3.05, 3.63) is 46.0 Å². The predicted octanol–water partition coefficient (Wildman–Crippen LogP) is 3.25. The van der Waals surface area contributed by atoms with Gasteiger partial charge in [0.25, 0.3) is 0 Å². The normalized spacial score (nSPS) is 10.5. The third kappa shape index (κ3) is 2.56. The van der Waals surface area contributed by atoms with E-state index in [1.54, 1.807) is 13.8 Å². The molecular weight excluding hydrogens is 271 g/mol. The third-order valence-corrected chi connectivity index (χ3v) is 2.97. The largest absolute Gasteiger partial charge is 0.478 e. The molecule has 1 N–H and O–H groups in total. The fourth-order valence-corrected chi connectivity index (χ4v) is 2.07. The quantitative estimate of drug-likeness (QED) is 0.917. The summed E-state index contributed by atoms with van der Waals surface area (Å²) in [6.45, 7) is 3.16. The summed E-state index contributed by atoms with van der Waals surface area (Å²) in [6.07, 6.45) is 0. The first-order valence-corrected chi connectivity index (χ1v) is 5.82. The molecule has 0 aliphatic rings. The topological polar surface area (TPSA) is 63.1 Å². The monoisotopic (exact) mass is 280 g/mol. The number of aryl methyl sites for hydroxylation is 2. The van der Waals surface area contributed by atoms with Gasteiger partial charge in [0.05, 0.1) is 16.4 Å². The highest BCUT2D eigenvalue weighted by Gasteiger charge is 2.16. The molecule has 1 aromatic carbocycles. The maximum absolute atomic E-state index is 13.0. The minimum absolute atomic E-state index is 0.0713. The molecule has 0 atom stereocenters. The first kappa shape index (κ1) is 13.4. The van der Waals surface area contributed by atoms with Gasteiger partial charge in [0, 0.05) is 5.56 Å². The molecule has 0 saturated heterocycles. The standard InChI is InChI=1S/C13H10ClFN2O2/c1-6-11(13(18)19)7(2)17-12(16-6)9-4-3-8(15)5-10(9)14/h3-5H,1-2H3,(H,18,19). The van der Waals surface area contributed by atoms with Crippen LogP contribution in [0, 0.1) is 19.7 Å². The maximum atomic E-state index is 13.0. The first-order valence-electron chi connectivity index (χ1n) is 5.44. The molecule has 0 radical (unpaired) electrons. The van der Waals surface area contributed by atoms with Crippen LogP contribution in [-0.4, -0.2) is 21.0 Å². The summed E-state index contributed by atoms with van der Waals surface area (Å²) < 4.78 is 13.0. The zero-order valence-electron chi connectivity index (χ0n) is 10.2. The van der Waals surface area contributed by atoms with Gasteiger partial charge in [0.15, 0.2) is 5.82 Å². The summed E-state index contributed by atoms with van der Waals surface area (Å²) in [5, 5.41) is 9.23. The third-order valence-electron chi connectivity index (χ3n) is 2.66. The average Bonchev–Trinajstić information content (AvgIpc) is 2.26. The lowest BCUT2D eigenvalue weighted by Crippen LogP contribution is -2.08. The molecule has 0 aliphatic carbocycles. The number of carboxylic acids is 1. The summed E-state index contributed by atoms with van der Waals surface area (Å²) in [6, 6.07) is 3.88. The van der Waals surface area contributed by atoms with Crippen LogP contribution in [0.15, 0.2) is 18.2 Å². The zero-order chi connectivity index (χ0) is 14.2. The molecule has 0 fully saturated rings. The second kappa shape index (κ2) is 4.93. The number of aromatic nitrogens is 2. The SMILES string of the molecule is Cc1nc(-c2ccc(F)cc2Cl)nc(C)c1C(=O)O. The predicted molar refractivity (Wildman–Crippen MR) is 68.9 cm³/mol. The molecule has 2 aromatic rings. The van der Waals surface area contributed by atoms with Crippen LogP contribution in [-0.2, 0) is 0 Å². The zero-order valence-corrected chi connectivity index (χ0v) is 11.0. The minimum atomic E-state index is -1.08. The van der Waals surface area contributed by atoms with E-state index in [1.165, 1.54) is 12.1 Å². The summed E-state index contributed by atoms with van der Waals surface area (Å²) in [5.74, 6) is -1.25. The number of rotatable bonds is 2. The van der Waals surface area contributed by atoms with Gasteiger partial charge in [-0.05, 0) is 32.0 Å². The van der Waals surface area contributed by atoms with Crippen molar-refractivity contribution in [1.29, 1.82) is 0 Å². The fraction of sp³-hybridized carbons (Fsp3) is 0.154. The number of benzene rings is 1. The van der Waals surface area contributed by atoms with Crippen LogP contribution in [0.5, 0.6) is 0 Å². The Morgan fingerprint density at radius 2 is 1.84 bits per heavy atom. The van der Waals surface area contributed by atoms with Crippen LogP contribution in [0.4, 0.5) is 4.39 Å². The summed E-state index contributed by atoms with van der Waals surface area (Å²) in [7, 11) is 0. The van der Waals surface area contributed by atoms with Crippen LogP contribution >= 0.6 is 11.6 Å². The lowest BCUT2D eigenvalue weighted by Gasteiger charge is -2.08. The van der Waals surface area contributed by atoms with Crippen molar-refractivity contribution in [2.45, 2.75) is 13.8 Å². The Morgan fingerprint density at radius 3 is 2.32 bits per heavy atom. The molecule has 0 spiro atoms. The van der Waals surface area contributed by atoms with Gasteiger partial charge in [0.2, 0.25) is 0 Å². The Labute approximate surface area is 113 Å². The number of hydrogen-bond donors (Lipinski definition) is 1. The van der Waals surface area contributed by atoms with Crippen LogP contribution in [0.1, 0.15) is 21.7 Å².